The number of aryl methyl sites for hydroxylation is 1. The first-order valence-corrected chi connectivity index (χ1v) is 10.8. The Labute approximate surface area is 168 Å². The minimum Gasteiger partial charge on any atom is -0.457 e. The predicted octanol–water partition coefficient (Wildman–Crippen LogP) is 1.43. The van der Waals surface area contributed by atoms with E-state index < -0.39 is 26.2 Å². The van der Waals surface area contributed by atoms with Gasteiger partial charge in [0.05, 0.1) is 16.8 Å². The molecule has 0 saturated carbocycles. The summed E-state index contributed by atoms with van der Waals surface area (Å²) in [5.74, 6) is 0.892. The number of para-hydroxylation sites is 1. The third-order valence-corrected chi connectivity index (χ3v) is 6.74. The summed E-state index contributed by atoms with van der Waals surface area (Å²) in [7, 11) is -1.55. The van der Waals surface area contributed by atoms with Crippen LogP contribution in [0.1, 0.15) is 5.76 Å². The third kappa shape index (κ3) is 3.55. The summed E-state index contributed by atoms with van der Waals surface area (Å²) >= 11 is 1.47. The number of hydrogen-bond acceptors (Lipinski definition) is 7. The van der Waals surface area contributed by atoms with Gasteiger partial charge in [-0.2, -0.15) is 0 Å². The third-order valence-electron chi connectivity index (χ3n) is 4.31. The zero-order chi connectivity index (χ0) is 20.8. The molecule has 0 aliphatic heterocycles. The van der Waals surface area contributed by atoms with Crippen LogP contribution in [-0.4, -0.2) is 22.5 Å². The van der Waals surface area contributed by atoms with E-state index in [4.69, 9.17) is 4.42 Å². The summed E-state index contributed by atoms with van der Waals surface area (Å²) in [5.41, 5.74) is -0.646. The molecule has 0 bridgehead atoms. The number of rotatable bonds is 5. The molecule has 1 aromatic carbocycles. The summed E-state index contributed by atoms with van der Waals surface area (Å²) in [6.07, 6.45) is 1.00. The van der Waals surface area contributed by atoms with E-state index in [1.165, 1.54) is 25.4 Å². The summed E-state index contributed by atoms with van der Waals surface area (Å²) in [6.45, 7) is -0.154. The van der Waals surface area contributed by atoms with Crippen LogP contribution in [0.2, 0.25) is 0 Å². The van der Waals surface area contributed by atoms with Crippen LogP contribution in [0.3, 0.4) is 0 Å². The Balaban J connectivity index is 1.57. The van der Waals surface area contributed by atoms with Crippen molar-refractivity contribution in [2.45, 2.75) is 11.4 Å². The minimum atomic E-state index is -4.14. The molecule has 4 rings (SSSR count). The number of benzene rings is 1. The molecule has 0 saturated heterocycles. The molecule has 0 radical (unpaired) electrons. The molecule has 29 heavy (non-hydrogen) atoms. The molecule has 9 nitrogen and oxygen atoms in total. The molecule has 0 aliphatic carbocycles. The predicted molar refractivity (Wildman–Crippen MR) is 108 cm³/mol. The molecule has 0 aliphatic rings. The number of hydrogen-bond donors (Lipinski definition) is 1. The van der Waals surface area contributed by atoms with Crippen molar-refractivity contribution in [1.29, 1.82) is 0 Å². The Morgan fingerprint density at radius 2 is 1.90 bits per heavy atom. The molecule has 3 aromatic heterocycles. The molecule has 0 unspecified atom stereocenters. The maximum atomic E-state index is 12.5. The Kier molecular flexibility index (Phi) is 4.73. The number of furan rings is 1. The van der Waals surface area contributed by atoms with E-state index in [2.05, 4.69) is 9.71 Å². The fourth-order valence-electron chi connectivity index (χ4n) is 2.77. The number of nitrogens with zero attached hydrogens (tertiary/aromatic N) is 3. The number of nitrogens with one attached hydrogen (secondary N) is 1. The normalized spacial score (nSPS) is 11.9. The van der Waals surface area contributed by atoms with Gasteiger partial charge >= 0.3 is 5.69 Å². The average Bonchev–Trinajstić information content (AvgIpc) is 3.34. The molecular formula is C18H16N4O5S2. The van der Waals surface area contributed by atoms with Gasteiger partial charge in [-0.15, -0.1) is 11.3 Å². The van der Waals surface area contributed by atoms with Gasteiger partial charge in [-0.05, 0) is 24.3 Å². The molecule has 0 fully saturated rings. The fraction of sp³-hybridized carbons (Fsp3) is 0.167. The Hall–Kier alpha value is -3.02. The van der Waals surface area contributed by atoms with E-state index in [0.29, 0.717) is 16.5 Å². The Morgan fingerprint density at radius 3 is 2.66 bits per heavy atom. The monoisotopic (exact) mass is 432 g/mol. The first kappa shape index (κ1) is 19.3. The van der Waals surface area contributed by atoms with Crippen molar-refractivity contribution in [2.75, 3.05) is 0 Å². The van der Waals surface area contributed by atoms with Crippen LogP contribution in [0.5, 0.6) is 0 Å². The molecule has 4 aromatic rings. The van der Waals surface area contributed by atoms with Gasteiger partial charge in [0.2, 0.25) is 10.0 Å². The number of aromatic nitrogens is 3. The van der Waals surface area contributed by atoms with Crippen LogP contribution in [-0.2, 0) is 30.7 Å². The van der Waals surface area contributed by atoms with Crippen molar-refractivity contribution < 1.29 is 12.8 Å². The first-order valence-electron chi connectivity index (χ1n) is 8.47. The lowest BCUT2D eigenvalue weighted by atomic mass is 10.3. The quantitative estimate of drug-likeness (QED) is 0.510. The molecular weight excluding hydrogens is 416 g/mol. The van der Waals surface area contributed by atoms with Gasteiger partial charge in [0.25, 0.3) is 5.56 Å². The van der Waals surface area contributed by atoms with E-state index in [1.807, 2.05) is 24.3 Å². The van der Waals surface area contributed by atoms with Gasteiger partial charge in [-0.25, -0.2) is 22.9 Å². The molecule has 0 spiro atoms. The minimum absolute atomic E-state index is 0.154. The maximum absolute atomic E-state index is 12.5. The maximum Gasteiger partial charge on any atom is 0.330 e. The van der Waals surface area contributed by atoms with Crippen molar-refractivity contribution in [3.05, 3.63) is 69.2 Å². The average molecular weight is 432 g/mol. The van der Waals surface area contributed by atoms with E-state index in [-0.39, 0.29) is 6.54 Å². The number of thiazole rings is 1. The zero-order valence-electron chi connectivity index (χ0n) is 15.4. The van der Waals surface area contributed by atoms with Crippen LogP contribution in [0.4, 0.5) is 0 Å². The molecule has 0 atom stereocenters. The molecule has 1 N–H and O–H groups in total. The van der Waals surface area contributed by atoms with Crippen LogP contribution in [0.25, 0.3) is 21.0 Å². The lowest BCUT2D eigenvalue weighted by Crippen LogP contribution is -2.41. The van der Waals surface area contributed by atoms with Crippen molar-refractivity contribution in [3.63, 3.8) is 0 Å². The smallest absolute Gasteiger partial charge is 0.330 e. The van der Waals surface area contributed by atoms with Crippen molar-refractivity contribution in [3.8, 4) is 10.8 Å². The molecule has 0 amide bonds. The van der Waals surface area contributed by atoms with Crippen molar-refractivity contribution in [1.82, 2.24) is 18.8 Å². The van der Waals surface area contributed by atoms with Crippen molar-refractivity contribution in [2.24, 2.45) is 14.1 Å². The van der Waals surface area contributed by atoms with Crippen LogP contribution in [0, 0.1) is 0 Å². The molecule has 11 heteroatoms. The lowest BCUT2D eigenvalue weighted by molar-refractivity contribution is 0.508. The van der Waals surface area contributed by atoms with E-state index in [9.17, 15) is 18.0 Å². The van der Waals surface area contributed by atoms with Crippen LogP contribution < -0.4 is 16.0 Å². The number of fused-ring (bicyclic) bond motifs is 1. The highest BCUT2D eigenvalue weighted by Gasteiger charge is 2.22. The Bertz CT molecular complexity index is 1410. The standard InChI is InChI=1S/C18H16N4O5S2/c1-21-10-15(17(23)22(2)18(21)24)29(25,26)19-9-11-7-8-13(27-11)16-20-12-5-3-4-6-14(12)28-16/h3-8,10,19H,9H2,1-2H3. The summed E-state index contributed by atoms with van der Waals surface area (Å²) in [5, 5.41) is 0.687. The van der Waals surface area contributed by atoms with E-state index in [1.54, 1.807) is 12.1 Å². The molecule has 3 heterocycles. The topological polar surface area (TPSA) is 116 Å². The van der Waals surface area contributed by atoms with Gasteiger partial charge in [0.15, 0.2) is 15.7 Å². The zero-order valence-corrected chi connectivity index (χ0v) is 17.1. The van der Waals surface area contributed by atoms with Crippen LogP contribution >= 0.6 is 11.3 Å². The van der Waals surface area contributed by atoms with Crippen LogP contribution in [0.15, 0.2) is 61.5 Å². The SMILES string of the molecule is Cn1cc(S(=O)(=O)NCc2ccc(-c3nc4ccccc4s3)o2)c(=O)n(C)c1=O. The fourth-order valence-corrected chi connectivity index (χ4v) is 4.85. The van der Waals surface area contributed by atoms with E-state index >= 15 is 0 Å². The highest BCUT2D eigenvalue weighted by Crippen LogP contribution is 2.31. The van der Waals surface area contributed by atoms with Gasteiger partial charge in [0, 0.05) is 20.3 Å². The number of sulfonamides is 1. The second-order valence-corrected chi connectivity index (χ2v) is 9.09. The lowest BCUT2D eigenvalue weighted by Gasteiger charge is -2.08. The summed E-state index contributed by atoms with van der Waals surface area (Å²) in [6, 6.07) is 11.0. The second-order valence-electron chi connectivity index (χ2n) is 6.33. The highest BCUT2D eigenvalue weighted by molar-refractivity contribution is 7.89. The van der Waals surface area contributed by atoms with Gasteiger partial charge in [0.1, 0.15) is 5.76 Å². The largest absolute Gasteiger partial charge is 0.457 e. The Morgan fingerprint density at radius 1 is 1.14 bits per heavy atom. The summed E-state index contributed by atoms with van der Waals surface area (Å²) < 4.78 is 35.9. The van der Waals surface area contributed by atoms with Gasteiger partial charge < -0.3 is 8.98 Å². The van der Waals surface area contributed by atoms with Gasteiger partial charge in [-0.3, -0.25) is 9.36 Å². The van der Waals surface area contributed by atoms with E-state index in [0.717, 1.165) is 25.5 Å². The van der Waals surface area contributed by atoms with Crippen molar-refractivity contribution >= 4 is 31.6 Å². The highest BCUT2D eigenvalue weighted by atomic mass is 32.2. The second kappa shape index (κ2) is 7.10. The van der Waals surface area contributed by atoms with Gasteiger partial charge in [-0.1, -0.05) is 12.1 Å². The molecule has 150 valence electrons. The summed E-state index contributed by atoms with van der Waals surface area (Å²) in [4.78, 5) is 27.9. The first-order chi connectivity index (χ1) is 13.8.